The van der Waals surface area contributed by atoms with E-state index < -0.39 is 8.07 Å². The van der Waals surface area contributed by atoms with E-state index in [4.69, 9.17) is 0 Å². The van der Waals surface area contributed by atoms with Crippen molar-refractivity contribution in [2.75, 3.05) is 0 Å². The summed E-state index contributed by atoms with van der Waals surface area (Å²) in [5, 5.41) is 22.9. The monoisotopic (exact) mass is 408 g/mol. The summed E-state index contributed by atoms with van der Waals surface area (Å²) in [7, 11) is -1.60. The van der Waals surface area contributed by atoms with Crippen LogP contribution in [0.15, 0.2) is 54.1 Å². The van der Waals surface area contributed by atoms with Crippen molar-refractivity contribution in [1.82, 2.24) is 0 Å². The molecule has 154 valence electrons. The summed E-state index contributed by atoms with van der Waals surface area (Å²) >= 11 is 0. The van der Waals surface area contributed by atoms with Crippen LogP contribution in [0.1, 0.15) is 43.7 Å². The van der Waals surface area contributed by atoms with Gasteiger partial charge in [0.15, 0.2) is 0 Å². The molecule has 0 fully saturated rings. The smallest absolute Gasteiger partial charge is 0.133 e. The summed E-state index contributed by atoms with van der Waals surface area (Å²) in [5.74, 6) is -0.142. The zero-order chi connectivity index (χ0) is 21.2. The number of carbonyl (C=O) groups excluding carboxylic acids is 1. The van der Waals surface area contributed by atoms with Crippen LogP contribution in [0.4, 0.5) is 0 Å². The molecule has 2 atom stereocenters. The Morgan fingerprint density at radius 2 is 1.72 bits per heavy atom. The van der Waals surface area contributed by atoms with Crippen LogP contribution in [-0.2, 0) is 11.2 Å². The maximum Gasteiger partial charge on any atom is 0.133 e. The Morgan fingerprint density at radius 1 is 1.10 bits per heavy atom. The third kappa shape index (κ3) is 4.81. The Bertz CT molecular complexity index is 892. The van der Waals surface area contributed by atoms with Crippen LogP contribution < -0.4 is 5.19 Å². The van der Waals surface area contributed by atoms with Gasteiger partial charge in [0, 0.05) is 17.4 Å². The lowest BCUT2D eigenvalue weighted by atomic mass is 9.75. The molecule has 0 heterocycles. The van der Waals surface area contributed by atoms with Crippen LogP contribution in [0.5, 0.6) is 11.5 Å². The van der Waals surface area contributed by atoms with Crippen LogP contribution in [-0.4, -0.2) is 24.1 Å². The van der Waals surface area contributed by atoms with E-state index in [2.05, 4.69) is 37.4 Å². The van der Waals surface area contributed by atoms with E-state index in [1.807, 2.05) is 19.1 Å². The van der Waals surface area contributed by atoms with Crippen LogP contribution in [0.25, 0.3) is 0 Å². The van der Waals surface area contributed by atoms with Gasteiger partial charge in [0.2, 0.25) is 0 Å². The Morgan fingerprint density at radius 3 is 2.31 bits per heavy atom. The van der Waals surface area contributed by atoms with Crippen molar-refractivity contribution < 1.29 is 15.0 Å². The normalized spacial score (nSPS) is 19.7. The number of rotatable bonds is 6. The second-order valence-electron chi connectivity index (χ2n) is 9.09. The van der Waals surface area contributed by atoms with E-state index in [1.165, 1.54) is 10.8 Å². The van der Waals surface area contributed by atoms with Crippen molar-refractivity contribution in [2.24, 2.45) is 5.92 Å². The lowest BCUT2D eigenvalue weighted by molar-refractivity contribution is -0.121. The molecule has 0 aliphatic heterocycles. The average Bonchev–Trinajstić information content (AvgIpc) is 2.66. The van der Waals surface area contributed by atoms with E-state index >= 15 is 0 Å². The average molecular weight is 409 g/mol. The summed E-state index contributed by atoms with van der Waals surface area (Å²) in [6.45, 7) is 8.35. The second kappa shape index (κ2) is 8.58. The molecular formula is C25H32O3Si. The molecule has 4 heteroatoms. The zero-order valence-corrected chi connectivity index (χ0v) is 18.9. The zero-order valence-electron chi connectivity index (χ0n) is 17.9. The van der Waals surface area contributed by atoms with Crippen LogP contribution in [0.2, 0.25) is 19.1 Å². The number of aryl methyl sites for hydroxylation is 1. The number of phenolic OH excluding ortho intramolecular Hbond substituents is 2. The molecule has 3 rings (SSSR count). The van der Waals surface area contributed by atoms with Gasteiger partial charge in [-0.15, -0.1) is 0 Å². The van der Waals surface area contributed by atoms with Crippen molar-refractivity contribution >= 4 is 19.0 Å². The number of allylic oxidation sites excluding steroid dienone is 2. The number of hydrogen-bond donors (Lipinski definition) is 2. The summed E-state index contributed by atoms with van der Waals surface area (Å²) < 4.78 is 0. The first-order chi connectivity index (χ1) is 13.7. The molecule has 0 saturated carbocycles. The van der Waals surface area contributed by atoms with Gasteiger partial charge in [-0.3, -0.25) is 4.79 Å². The largest absolute Gasteiger partial charge is 0.507 e. The number of Topliss-reactive ketones (excluding diaryl/α,β-unsaturated/α-hetero) is 1. The first kappa shape index (κ1) is 21.4. The molecule has 2 N–H and O–H groups in total. The molecule has 0 amide bonds. The molecule has 2 aromatic rings. The van der Waals surface area contributed by atoms with Gasteiger partial charge in [0.25, 0.3) is 0 Å². The second-order valence-corrected chi connectivity index (χ2v) is 13.9. The number of hydrogen-bond acceptors (Lipinski definition) is 3. The summed E-state index contributed by atoms with van der Waals surface area (Å²) in [5.41, 5.74) is 2.63. The summed E-state index contributed by atoms with van der Waals surface area (Å²) in [4.78, 5) is 12.1. The van der Waals surface area contributed by atoms with Crippen molar-refractivity contribution in [3.63, 3.8) is 0 Å². The molecule has 0 spiro atoms. The van der Waals surface area contributed by atoms with E-state index in [0.717, 1.165) is 30.9 Å². The Balaban J connectivity index is 1.84. The number of ketones is 1. The fourth-order valence-electron chi connectivity index (χ4n) is 4.47. The molecule has 1 aliphatic carbocycles. The molecule has 2 aromatic carbocycles. The van der Waals surface area contributed by atoms with Gasteiger partial charge in [0.1, 0.15) is 17.3 Å². The Labute approximate surface area is 175 Å². The standard InChI is InChI=1S/C25H32O3Si/c1-17-10-11-21(18(2)26)22(14-17)25-23(27)15-19(16-24(25)28)12-13-29(3,4)20-8-6-5-7-9-20/h5-9,14-16,21-22,27-28H,10-13H2,1-4H3/t21-,22+/m1/s1. The fourth-order valence-corrected chi connectivity index (χ4v) is 6.76. The third-order valence-electron chi connectivity index (χ3n) is 6.39. The minimum absolute atomic E-state index is 0.0985. The molecule has 0 unspecified atom stereocenters. The molecule has 0 radical (unpaired) electrons. The van der Waals surface area contributed by atoms with Crippen LogP contribution in [0, 0.1) is 5.92 Å². The highest BCUT2D eigenvalue weighted by Gasteiger charge is 2.32. The molecule has 29 heavy (non-hydrogen) atoms. The van der Waals surface area contributed by atoms with Gasteiger partial charge < -0.3 is 10.2 Å². The quantitative estimate of drug-likeness (QED) is 0.505. The lowest BCUT2D eigenvalue weighted by Gasteiger charge is -2.29. The summed E-state index contributed by atoms with van der Waals surface area (Å²) in [6, 6.07) is 15.2. The number of aromatic hydroxyl groups is 2. The molecule has 0 aromatic heterocycles. The van der Waals surface area contributed by atoms with Crippen molar-refractivity contribution in [2.45, 2.75) is 58.2 Å². The first-order valence-corrected chi connectivity index (χ1v) is 13.7. The van der Waals surface area contributed by atoms with Crippen molar-refractivity contribution in [1.29, 1.82) is 0 Å². The minimum Gasteiger partial charge on any atom is -0.507 e. The predicted molar refractivity (Wildman–Crippen MR) is 122 cm³/mol. The van der Waals surface area contributed by atoms with E-state index in [-0.39, 0.29) is 29.1 Å². The van der Waals surface area contributed by atoms with Crippen LogP contribution >= 0.6 is 0 Å². The van der Waals surface area contributed by atoms with Gasteiger partial charge in [-0.1, -0.05) is 60.3 Å². The Kier molecular flexibility index (Phi) is 6.32. The van der Waals surface area contributed by atoms with Gasteiger partial charge in [-0.25, -0.2) is 0 Å². The van der Waals surface area contributed by atoms with Crippen LogP contribution in [0.3, 0.4) is 0 Å². The highest BCUT2D eigenvalue weighted by Crippen LogP contribution is 2.44. The van der Waals surface area contributed by atoms with E-state index in [0.29, 0.717) is 5.56 Å². The number of carbonyl (C=O) groups is 1. The van der Waals surface area contributed by atoms with Gasteiger partial charge in [0.05, 0.1) is 8.07 Å². The summed E-state index contributed by atoms with van der Waals surface area (Å²) in [6.07, 6.45) is 4.50. The third-order valence-corrected chi connectivity index (χ3v) is 9.79. The van der Waals surface area contributed by atoms with Crippen molar-refractivity contribution in [3.8, 4) is 11.5 Å². The maximum absolute atomic E-state index is 12.1. The number of phenols is 2. The van der Waals surface area contributed by atoms with E-state index in [1.54, 1.807) is 19.1 Å². The predicted octanol–water partition coefficient (Wildman–Crippen LogP) is 5.28. The molecule has 0 bridgehead atoms. The van der Waals surface area contributed by atoms with Gasteiger partial charge in [-0.05, 0) is 56.9 Å². The minimum atomic E-state index is -1.60. The van der Waals surface area contributed by atoms with Crippen molar-refractivity contribution in [3.05, 3.63) is 65.2 Å². The molecule has 1 aliphatic rings. The Hall–Kier alpha value is -2.33. The highest BCUT2D eigenvalue weighted by molar-refractivity contribution is 6.89. The molecular weight excluding hydrogens is 376 g/mol. The lowest BCUT2D eigenvalue weighted by Crippen LogP contribution is -2.41. The van der Waals surface area contributed by atoms with E-state index in [9.17, 15) is 15.0 Å². The number of benzene rings is 2. The van der Waals surface area contributed by atoms with Gasteiger partial charge >= 0.3 is 0 Å². The maximum atomic E-state index is 12.1. The molecule has 0 saturated heterocycles. The van der Waals surface area contributed by atoms with Gasteiger partial charge in [-0.2, -0.15) is 0 Å². The highest BCUT2D eigenvalue weighted by atomic mass is 28.3. The molecule has 3 nitrogen and oxygen atoms in total. The topological polar surface area (TPSA) is 57.5 Å². The SMILES string of the molecule is CC(=O)[C@H]1CCC(C)=C[C@@H]1c1c(O)cc(CC[Si](C)(C)c2ccccc2)cc1O. The fraction of sp³-hybridized carbons (Fsp3) is 0.400. The first-order valence-electron chi connectivity index (χ1n) is 10.5.